The maximum Gasteiger partial charge on any atom is 0.148 e. The minimum Gasteiger partial charge on any atom is -0.379 e. The molecule has 0 unspecified atom stereocenters. The molecular weight excluding hydrogens is 266 g/mol. The first kappa shape index (κ1) is 13.8. The number of hydrogen-bond donors (Lipinski definition) is 0. The van der Waals surface area contributed by atoms with Gasteiger partial charge in [-0.05, 0) is 24.7 Å². The second kappa shape index (κ2) is 4.69. The van der Waals surface area contributed by atoms with Gasteiger partial charge in [-0.2, -0.15) is 0 Å². The van der Waals surface area contributed by atoms with Crippen molar-refractivity contribution in [1.29, 1.82) is 0 Å². The fraction of sp³-hybridized carbons (Fsp3) is 1.00. The van der Waals surface area contributed by atoms with Crippen LogP contribution in [-0.4, -0.2) is 70.4 Å². The lowest BCUT2D eigenvalue weighted by molar-refractivity contribution is -0.0770. The molecule has 6 heteroatoms. The Labute approximate surface area is 115 Å². The largest absolute Gasteiger partial charge is 0.379 e. The Morgan fingerprint density at radius 2 is 1.79 bits per heavy atom. The van der Waals surface area contributed by atoms with Crippen LogP contribution in [0.25, 0.3) is 0 Å². The van der Waals surface area contributed by atoms with Crippen molar-refractivity contribution in [3.8, 4) is 0 Å². The standard InChI is InChI=1S/C13H23NO4S/c1-19(15,16)11-12(2-3-12)8-14-5-7-18-10-13(14)4-6-17-9-13/h2-11H2,1H3/t13-/m0/s1. The highest BCUT2D eigenvalue weighted by Crippen LogP contribution is 2.49. The Morgan fingerprint density at radius 3 is 2.37 bits per heavy atom. The Balaban J connectivity index is 1.71. The zero-order valence-corrected chi connectivity index (χ0v) is 12.4. The van der Waals surface area contributed by atoms with Gasteiger partial charge in [0.15, 0.2) is 0 Å². The average Bonchev–Trinajstić information content (AvgIpc) is 2.88. The summed E-state index contributed by atoms with van der Waals surface area (Å²) in [7, 11) is -2.89. The molecule has 0 bridgehead atoms. The molecule has 0 aromatic carbocycles. The van der Waals surface area contributed by atoms with Gasteiger partial charge in [0, 0.05) is 26.0 Å². The number of nitrogens with zero attached hydrogens (tertiary/aromatic N) is 1. The van der Waals surface area contributed by atoms with E-state index in [1.807, 2.05) is 0 Å². The van der Waals surface area contributed by atoms with E-state index >= 15 is 0 Å². The van der Waals surface area contributed by atoms with Crippen molar-refractivity contribution in [3.05, 3.63) is 0 Å². The average molecular weight is 289 g/mol. The molecule has 0 aromatic heterocycles. The molecule has 1 aliphatic carbocycles. The van der Waals surface area contributed by atoms with Crippen molar-refractivity contribution in [3.63, 3.8) is 0 Å². The van der Waals surface area contributed by atoms with E-state index in [1.165, 1.54) is 6.26 Å². The summed E-state index contributed by atoms with van der Waals surface area (Å²) in [4.78, 5) is 2.45. The van der Waals surface area contributed by atoms with Gasteiger partial charge in [-0.3, -0.25) is 4.90 Å². The van der Waals surface area contributed by atoms with E-state index in [0.29, 0.717) is 5.75 Å². The van der Waals surface area contributed by atoms with Crippen molar-refractivity contribution in [2.24, 2.45) is 5.41 Å². The molecule has 3 aliphatic rings. The van der Waals surface area contributed by atoms with Crippen LogP contribution in [0.2, 0.25) is 0 Å². The molecule has 1 atom stereocenters. The molecule has 1 spiro atoms. The monoisotopic (exact) mass is 289 g/mol. The first-order chi connectivity index (χ1) is 8.93. The molecule has 0 amide bonds. The molecule has 0 aromatic rings. The molecule has 110 valence electrons. The first-order valence-electron chi connectivity index (χ1n) is 7.02. The molecule has 3 fully saturated rings. The van der Waals surface area contributed by atoms with Gasteiger partial charge in [-0.1, -0.05) is 0 Å². The highest BCUT2D eigenvalue weighted by atomic mass is 32.2. The summed E-state index contributed by atoms with van der Waals surface area (Å²) >= 11 is 0. The van der Waals surface area contributed by atoms with Gasteiger partial charge in [0.05, 0.1) is 31.1 Å². The van der Waals surface area contributed by atoms with E-state index in [9.17, 15) is 8.42 Å². The second-order valence-corrected chi connectivity index (χ2v) is 8.71. The van der Waals surface area contributed by atoms with Gasteiger partial charge in [0.25, 0.3) is 0 Å². The minimum absolute atomic E-state index is 0.000509. The summed E-state index contributed by atoms with van der Waals surface area (Å²) in [6.07, 6.45) is 4.42. The molecule has 1 saturated carbocycles. The van der Waals surface area contributed by atoms with Crippen LogP contribution in [0.3, 0.4) is 0 Å². The van der Waals surface area contributed by atoms with Crippen molar-refractivity contribution >= 4 is 9.84 Å². The van der Waals surface area contributed by atoms with Crippen LogP contribution in [0, 0.1) is 5.41 Å². The molecule has 19 heavy (non-hydrogen) atoms. The van der Waals surface area contributed by atoms with Crippen LogP contribution < -0.4 is 0 Å². The summed E-state index contributed by atoms with van der Waals surface area (Å²) in [5, 5.41) is 0. The van der Waals surface area contributed by atoms with Gasteiger partial charge >= 0.3 is 0 Å². The number of ether oxygens (including phenoxy) is 2. The third kappa shape index (κ3) is 2.96. The Morgan fingerprint density at radius 1 is 1.11 bits per heavy atom. The van der Waals surface area contributed by atoms with Crippen molar-refractivity contribution in [2.75, 3.05) is 51.5 Å². The number of morpholine rings is 1. The number of rotatable bonds is 4. The van der Waals surface area contributed by atoms with Gasteiger partial charge in [-0.25, -0.2) is 8.42 Å². The minimum atomic E-state index is -2.89. The highest BCUT2D eigenvalue weighted by molar-refractivity contribution is 7.90. The second-order valence-electron chi connectivity index (χ2n) is 6.57. The van der Waals surface area contributed by atoms with Gasteiger partial charge < -0.3 is 9.47 Å². The third-order valence-corrected chi connectivity index (χ3v) is 5.82. The Bertz CT molecular complexity index is 438. The molecule has 0 radical (unpaired) electrons. The molecule has 2 aliphatic heterocycles. The quantitative estimate of drug-likeness (QED) is 0.745. The van der Waals surface area contributed by atoms with Gasteiger partial charge in [-0.15, -0.1) is 0 Å². The van der Waals surface area contributed by atoms with Crippen LogP contribution in [0.1, 0.15) is 19.3 Å². The lowest BCUT2D eigenvalue weighted by Crippen LogP contribution is -2.59. The third-order valence-electron chi connectivity index (χ3n) is 4.68. The molecular formula is C13H23NO4S. The topological polar surface area (TPSA) is 55.8 Å². The fourth-order valence-electron chi connectivity index (χ4n) is 3.46. The SMILES string of the molecule is CS(=O)(=O)CC1(CN2CCOC[C@@]23CCOC3)CC1. The first-order valence-corrected chi connectivity index (χ1v) is 9.08. The normalized spacial score (nSPS) is 34.8. The van der Waals surface area contributed by atoms with E-state index in [1.54, 1.807) is 0 Å². The van der Waals surface area contributed by atoms with Crippen LogP contribution in [-0.2, 0) is 19.3 Å². The smallest absolute Gasteiger partial charge is 0.148 e. The number of hydrogen-bond acceptors (Lipinski definition) is 5. The summed E-state index contributed by atoms with van der Waals surface area (Å²) in [5.74, 6) is 0.328. The van der Waals surface area contributed by atoms with Crippen LogP contribution >= 0.6 is 0 Å². The highest BCUT2D eigenvalue weighted by Gasteiger charge is 2.51. The predicted molar refractivity (Wildman–Crippen MR) is 71.9 cm³/mol. The molecule has 2 saturated heterocycles. The van der Waals surface area contributed by atoms with Crippen molar-refractivity contribution < 1.29 is 17.9 Å². The zero-order chi connectivity index (χ0) is 13.6. The molecule has 2 heterocycles. The van der Waals surface area contributed by atoms with E-state index in [-0.39, 0.29) is 11.0 Å². The van der Waals surface area contributed by atoms with Crippen LogP contribution in [0.4, 0.5) is 0 Å². The van der Waals surface area contributed by atoms with Crippen LogP contribution in [0.15, 0.2) is 0 Å². The Kier molecular flexibility index (Phi) is 3.40. The number of sulfone groups is 1. The predicted octanol–water partition coefficient (Wildman–Crippen LogP) is 0.303. The van der Waals surface area contributed by atoms with E-state index in [4.69, 9.17) is 9.47 Å². The maximum atomic E-state index is 11.6. The van der Waals surface area contributed by atoms with E-state index < -0.39 is 9.84 Å². The lowest BCUT2D eigenvalue weighted by atomic mass is 9.93. The van der Waals surface area contributed by atoms with Gasteiger partial charge in [0.2, 0.25) is 0 Å². The summed E-state index contributed by atoms with van der Waals surface area (Å²) < 4.78 is 34.3. The lowest BCUT2D eigenvalue weighted by Gasteiger charge is -2.45. The summed E-state index contributed by atoms with van der Waals surface area (Å²) in [5.41, 5.74) is 0.00581. The van der Waals surface area contributed by atoms with Gasteiger partial charge in [0.1, 0.15) is 9.84 Å². The molecule has 5 nitrogen and oxygen atoms in total. The fourth-order valence-corrected chi connectivity index (χ4v) is 4.95. The maximum absolute atomic E-state index is 11.6. The Hall–Kier alpha value is -0.170. The summed E-state index contributed by atoms with van der Waals surface area (Å²) in [6.45, 7) is 4.77. The van der Waals surface area contributed by atoms with Crippen molar-refractivity contribution in [2.45, 2.75) is 24.8 Å². The van der Waals surface area contributed by atoms with E-state index in [2.05, 4.69) is 4.90 Å². The van der Waals surface area contributed by atoms with Crippen molar-refractivity contribution in [1.82, 2.24) is 4.90 Å². The molecule has 3 rings (SSSR count). The summed E-state index contributed by atoms with van der Waals surface area (Å²) in [6, 6.07) is 0. The zero-order valence-electron chi connectivity index (χ0n) is 11.6. The molecule has 0 N–H and O–H groups in total. The van der Waals surface area contributed by atoms with E-state index in [0.717, 1.165) is 58.8 Å². The van der Waals surface area contributed by atoms with Crippen LogP contribution in [0.5, 0.6) is 0 Å².